The summed E-state index contributed by atoms with van der Waals surface area (Å²) in [5, 5.41) is 3.32. The van der Waals surface area contributed by atoms with Crippen LogP contribution in [0, 0.1) is 11.3 Å². The van der Waals surface area contributed by atoms with Crippen molar-refractivity contribution in [3.63, 3.8) is 0 Å². The van der Waals surface area contributed by atoms with Gasteiger partial charge in [0.2, 0.25) is 0 Å². The van der Waals surface area contributed by atoms with Gasteiger partial charge in [-0.05, 0) is 73.9 Å². The Morgan fingerprint density at radius 2 is 2.29 bits per heavy atom. The van der Waals surface area contributed by atoms with Gasteiger partial charge in [0, 0.05) is 0 Å². The third kappa shape index (κ3) is 1.85. The van der Waals surface area contributed by atoms with Gasteiger partial charge in [-0.3, -0.25) is 0 Å². The molecule has 17 heavy (non-hydrogen) atoms. The Labute approximate surface area is 103 Å². The van der Waals surface area contributed by atoms with Gasteiger partial charge in [0.25, 0.3) is 0 Å². The van der Waals surface area contributed by atoms with Crippen molar-refractivity contribution in [3.8, 4) is 5.75 Å². The summed E-state index contributed by atoms with van der Waals surface area (Å²) in [4.78, 5) is 0. The van der Waals surface area contributed by atoms with Crippen molar-refractivity contribution in [3.05, 3.63) is 29.3 Å². The first kappa shape index (κ1) is 11.1. The number of ether oxygens (including phenoxy) is 1. The van der Waals surface area contributed by atoms with E-state index >= 15 is 0 Å². The predicted molar refractivity (Wildman–Crippen MR) is 69.5 cm³/mol. The molecule has 0 bridgehead atoms. The minimum atomic E-state index is 0.613. The summed E-state index contributed by atoms with van der Waals surface area (Å²) in [6, 6.07) is 6.58. The molecule has 1 saturated carbocycles. The highest BCUT2D eigenvalue weighted by molar-refractivity contribution is 5.39. The molecule has 2 atom stereocenters. The molecule has 2 nitrogen and oxygen atoms in total. The van der Waals surface area contributed by atoms with Crippen LogP contribution in [0.5, 0.6) is 5.75 Å². The molecule has 2 aliphatic rings. The van der Waals surface area contributed by atoms with Crippen molar-refractivity contribution in [2.45, 2.75) is 25.7 Å². The van der Waals surface area contributed by atoms with Gasteiger partial charge in [-0.25, -0.2) is 0 Å². The fraction of sp³-hybridized carbons (Fsp3) is 0.600. The molecule has 0 radical (unpaired) electrons. The standard InChI is InChI=1S/C15H21NO/c1-16-10-13-9-15(13)6-5-11-3-4-14(17-2)7-12(11)8-15/h3-4,7,13,16H,5-6,8-10H2,1-2H3. The van der Waals surface area contributed by atoms with Gasteiger partial charge in [-0.15, -0.1) is 0 Å². The van der Waals surface area contributed by atoms with E-state index in [0.717, 1.165) is 11.7 Å². The number of nitrogens with one attached hydrogen (secondary N) is 1. The average Bonchev–Trinajstić information content (AvgIpc) is 3.01. The maximum atomic E-state index is 5.33. The maximum Gasteiger partial charge on any atom is 0.119 e. The van der Waals surface area contributed by atoms with E-state index in [4.69, 9.17) is 4.74 Å². The smallest absolute Gasteiger partial charge is 0.119 e. The van der Waals surface area contributed by atoms with Gasteiger partial charge in [0.05, 0.1) is 7.11 Å². The Kier molecular flexibility index (Phi) is 2.62. The monoisotopic (exact) mass is 231 g/mol. The van der Waals surface area contributed by atoms with Crippen LogP contribution in [0.15, 0.2) is 18.2 Å². The molecule has 0 aliphatic heterocycles. The summed E-state index contributed by atoms with van der Waals surface area (Å²) >= 11 is 0. The van der Waals surface area contributed by atoms with Gasteiger partial charge in [0.1, 0.15) is 5.75 Å². The Balaban J connectivity index is 1.81. The van der Waals surface area contributed by atoms with Crippen LogP contribution in [0.25, 0.3) is 0 Å². The van der Waals surface area contributed by atoms with Crippen molar-refractivity contribution >= 4 is 0 Å². The van der Waals surface area contributed by atoms with Crippen molar-refractivity contribution in [2.24, 2.45) is 11.3 Å². The summed E-state index contributed by atoms with van der Waals surface area (Å²) in [6.07, 6.45) is 5.29. The van der Waals surface area contributed by atoms with Crippen LogP contribution in [0.4, 0.5) is 0 Å². The molecule has 1 fully saturated rings. The number of hydrogen-bond acceptors (Lipinski definition) is 2. The second-order valence-corrected chi connectivity index (χ2v) is 5.63. The average molecular weight is 231 g/mol. The molecule has 2 unspecified atom stereocenters. The van der Waals surface area contributed by atoms with E-state index < -0.39 is 0 Å². The maximum absolute atomic E-state index is 5.33. The van der Waals surface area contributed by atoms with Crippen LogP contribution in [0.1, 0.15) is 24.0 Å². The second kappa shape index (κ2) is 4.02. The Morgan fingerprint density at radius 1 is 1.41 bits per heavy atom. The van der Waals surface area contributed by atoms with Gasteiger partial charge < -0.3 is 10.1 Å². The fourth-order valence-electron chi connectivity index (χ4n) is 3.48. The molecule has 3 rings (SSSR count). The zero-order valence-corrected chi connectivity index (χ0v) is 10.8. The van der Waals surface area contributed by atoms with Crippen molar-refractivity contribution in [1.29, 1.82) is 0 Å². The minimum absolute atomic E-state index is 0.613. The largest absolute Gasteiger partial charge is 0.497 e. The van der Waals surface area contributed by atoms with Gasteiger partial charge in [0.15, 0.2) is 0 Å². The third-order valence-corrected chi connectivity index (χ3v) is 4.66. The van der Waals surface area contributed by atoms with Crippen LogP contribution in [-0.4, -0.2) is 20.7 Å². The van der Waals surface area contributed by atoms with E-state index in [1.165, 1.54) is 43.4 Å². The quantitative estimate of drug-likeness (QED) is 0.862. The number of fused-ring (bicyclic) bond motifs is 1. The van der Waals surface area contributed by atoms with E-state index in [1.54, 1.807) is 7.11 Å². The van der Waals surface area contributed by atoms with E-state index in [1.807, 2.05) is 0 Å². The second-order valence-electron chi connectivity index (χ2n) is 5.63. The van der Waals surface area contributed by atoms with Crippen molar-refractivity contribution in [1.82, 2.24) is 5.32 Å². The molecule has 1 aromatic carbocycles. The Hall–Kier alpha value is -1.02. The summed E-state index contributed by atoms with van der Waals surface area (Å²) in [5.74, 6) is 1.90. The molecule has 1 aromatic rings. The molecule has 0 saturated heterocycles. The van der Waals surface area contributed by atoms with Crippen LogP contribution in [0.3, 0.4) is 0 Å². The van der Waals surface area contributed by atoms with E-state index in [2.05, 4.69) is 30.6 Å². The fourth-order valence-corrected chi connectivity index (χ4v) is 3.48. The molecule has 0 aromatic heterocycles. The van der Waals surface area contributed by atoms with Gasteiger partial charge >= 0.3 is 0 Å². The summed E-state index contributed by atoms with van der Waals surface area (Å²) in [6.45, 7) is 1.18. The number of benzene rings is 1. The SMILES string of the molecule is CNCC1CC12CCc1ccc(OC)cc1C2. The Bertz CT molecular complexity index is 429. The molecule has 1 spiro atoms. The first-order chi connectivity index (χ1) is 8.27. The minimum Gasteiger partial charge on any atom is -0.497 e. The van der Waals surface area contributed by atoms with Crippen LogP contribution in [-0.2, 0) is 12.8 Å². The third-order valence-electron chi connectivity index (χ3n) is 4.66. The zero-order valence-electron chi connectivity index (χ0n) is 10.8. The zero-order chi connectivity index (χ0) is 11.9. The Morgan fingerprint density at radius 3 is 3.06 bits per heavy atom. The first-order valence-electron chi connectivity index (χ1n) is 6.58. The van der Waals surface area contributed by atoms with E-state index in [9.17, 15) is 0 Å². The predicted octanol–water partition coefficient (Wildman–Crippen LogP) is 2.41. The van der Waals surface area contributed by atoms with E-state index in [0.29, 0.717) is 5.41 Å². The lowest BCUT2D eigenvalue weighted by molar-refractivity contribution is 0.383. The number of aryl methyl sites for hydroxylation is 1. The number of hydrogen-bond donors (Lipinski definition) is 1. The lowest BCUT2D eigenvalue weighted by atomic mass is 9.80. The number of methoxy groups -OCH3 is 1. The summed E-state index contributed by atoms with van der Waals surface area (Å²) < 4.78 is 5.33. The van der Waals surface area contributed by atoms with E-state index in [-0.39, 0.29) is 0 Å². The normalized spacial score (nSPS) is 30.1. The number of rotatable bonds is 3. The molecule has 2 heteroatoms. The van der Waals surface area contributed by atoms with Gasteiger partial charge in [-0.1, -0.05) is 6.07 Å². The summed E-state index contributed by atoms with van der Waals surface area (Å²) in [7, 11) is 3.81. The molecule has 92 valence electrons. The lowest BCUT2D eigenvalue weighted by Gasteiger charge is -2.26. The van der Waals surface area contributed by atoms with Crippen LogP contribution >= 0.6 is 0 Å². The highest BCUT2D eigenvalue weighted by Gasteiger charge is 2.53. The molecular weight excluding hydrogens is 210 g/mol. The highest BCUT2D eigenvalue weighted by atomic mass is 16.5. The molecule has 0 amide bonds. The van der Waals surface area contributed by atoms with Crippen LogP contribution < -0.4 is 10.1 Å². The highest BCUT2D eigenvalue weighted by Crippen LogP contribution is 2.59. The van der Waals surface area contributed by atoms with Crippen LogP contribution in [0.2, 0.25) is 0 Å². The molecule has 2 aliphatic carbocycles. The lowest BCUT2D eigenvalue weighted by Crippen LogP contribution is -2.21. The first-order valence-corrected chi connectivity index (χ1v) is 6.58. The molecular formula is C15H21NO. The van der Waals surface area contributed by atoms with Crippen molar-refractivity contribution < 1.29 is 4.74 Å². The molecule has 1 N–H and O–H groups in total. The molecule has 0 heterocycles. The summed E-state index contributed by atoms with van der Waals surface area (Å²) in [5.41, 5.74) is 3.67. The topological polar surface area (TPSA) is 21.3 Å². The van der Waals surface area contributed by atoms with Gasteiger partial charge in [-0.2, -0.15) is 0 Å². The van der Waals surface area contributed by atoms with Crippen molar-refractivity contribution in [2.75, 3.05) is 20.7 Å².